The molecule has 1 heterocycles. The summed E-state index contributed by atoms with van der Waals surface area (Å²) < 4.78 is 22.9. The van der Waals surface area contributed by atoms with Crippen LogP contribution < -0.4 is 5.32 Å². The van der Waals surface area contributed by atoms with Gasteiger partial charge >= 0.3 is 0 Å². The van der Waals surface area contributed by atoms with Crippen molar-refractivity contribution in [1.82, 2.24) is 5.32 Å². The molecule has 1 N–H and O–H groups in total. The first-order chi connectivity index (χ1) is 10.9. The van der Waals surface area contributed by atoms with Crippen molar-refractivity contribution in [2.45, 2.75) is 12.5 Å². The Morgan fingerprint density at radius 1 is 1.13 bits per heavy atom. The van der Waals surface area contributed by atoms with E-state index in [4.69, 9.17) is 11.6 Å². The lowest BCUT2D eigenvalue weighted by molar-refractivity contribution is 0.0941. The summed E-state index contributed by atoms with van der Waals surface area (Å²) in [7, 11) is -3.02. The fraction of sp³-hybridized carbons (Fsp3) is 0.235. The summed E-state index contributed by atoms with van der Waals surface area (Å²) in [6, 6.07) is 14.3. The first kappa shape index (κ1) is 16.0. The van der Waals surface area contributed by atoms with Gasteiger partial charge in [0.2, 0.25) is 0 Å². The van der Waals surface area contributed by atoms with E-state index in [0.717, 1.165) is 11.1 Å². The summed E-state index contributed by atoms with van der Waals surface area (Å²) >= 11 is 6.23. The van der Waals surface area contributed by atoms with Crippen molar-refractivity contribution in [2.75, 3.05) is 11.5 Å². The van der Waals surface area contributed by atoms with Gasteiger partial charge in [-0.15, -0.1) is 0 Å². The minimum Gasteiger partial charge on any atom is -0.348 e. The lowest BCUT2D eigenvalue weighted by atomic mass is 10.0. The minimum atomic E-state index is -3.02. The van der Waals surface area contributed by atoms with Crippen LogP contribution in [0.25, 0.3) is 11.1 Å². The van der Waals surface area contributed by atoms with Crippen molar-refractivity contribution in [1.29, 1.82) is 0 Å². The molecule has 6 heteroatoms. The number of sulfone groups is 1. The van der Waals surface area contributed by atoms with E-state index in [0.29, 0.717) is 17.0 Å². The topological polar surface area (TPSA) is 63.2 Å². The molecule has 1 fully saturated rings. The second-order valence-electron chi connectivity index (χ2n) is 5.63. The summed E-state index contributed by atoms with van der Waals surface area (Å²) in [4.78, 5) is 12.4. The van der Waals surface area contributed by atoms with E-state index in [9.17, 15) is 13.2 Å². The third-order valence-corrected chi connectivity index (χ3v) is 5.98. The molecule has 23 heavy (non-hydrogen) atoms. The fourth-order valence-corrected chi connectivity index (χ4v) is 4.58. The Kier molecular flexibility index (Phi) is 4.41. The highest BCUT2D eigenvalue weighted by Crippen LogP contribution is 2.28. The maximum Gasteiger partial charge on any atom is 0.251 e. The molecule has 1 saturated heterocycles. The molecule has 4 nitrogen and oxygen atoms in total. The molecule has 3 rings (SSSR count). The van der Waals surface area contributed by atoms with Crippen LogP contribution in [-0.4, -0.2) is 31.9 Å². The van der Waals surface area contributed by atoms with Crippen LogP contribution >= 0.6 is 11.6 Å². The van der Waals surface area contributed by atoms with Crippen molar-refractivity contribution >= 4 is 27.3 Å². The number of amides is 1. The smallest absolute Gasteiger partial charge is 0.251 e. The standard InChI is InChI=1S/C17H16ClNO3S/c18-16-7-6-13(10-15(16)12-4-2-1-3-5-12)17(20)19-14-8-9-23(21,22)11-14/h1-7,10,14H,8-9,11H2,(H,19,20). The first-order valence-corrected chi connectivity index (χ1v) is 9.51. The van der Waals surface area contributed by atoms with Gasteiger partial charge in [-0.3, -0.25) is 4.79 Å². The zero-order valence-electron chi connectivity index (χ0n) is 12.3. The van der Waals surface area contributed by atoms with Crippen molar-refractivity contribution < 1.29 is 13.2 Å². The van der Waals surface area contributed by atoms with Crippen LogP contribution in [0.5, 0.6) is 0 Å². The van der Waals surface area contributed by atoms with Crippen LogP contribution in [-0.2, 0) is 9.84 Å². The van der Waals surface area contributed by atoms with Gasteiger partial charge in [-0.1, -0.05) is 41.9 Å². The summed E-state index contributed by atoms with van der Waals surface area (Å²) in [6.45, 7) is 0. The molecule has 1 atom stereocenters. The molecule has 0 spiro atoms. The molecule has 0 aliphatic carbocycles. The van der Waals surface area contributed by atoms with Gasteiger partial charge in [0.15, 0.2) is 9.84 Å². The van der Waals surface area contributed by atoms with E-state index in [2.05, 4.69) is 5.32 Å². The maximum atomic E-state index is 12.4. The monoisotopic (exact) mass is 349 g/mol. The number of carbonyl (C=O) groups excluding carboxylic acids is 1. The second-order valence-corrected chi connectivity index (χ2v) is 8.27. The average Bonchev–Trinajstić information content (AvgIpc) is 2.87. The Balaban J connectivity index is 1.82. The fourth-order valence-electron chi connectivity index (χ4n) is 2.68. The molecular formula is C17H16ClNO3S. The van der Waals surface area contributed by atoms with Crippen molar-refractivity contribution in [3.05, 3.63) is 59.1 Å². The van der Waals surface area contributed by atoms with Crippen molar-refractivity contribution in [3.8, 4) is 11.1 Å². The number of nitrogens with one attached hydrogen (secondary N) is 1. The lowest BCUT2D eigenvalue weighted by Crippen LogP contribution is -2.35. The quantitative estimate of drug-likeness (QED) is 0.926. The van der Waals surface area contributed by atoms with Gasteiger partial charge in [0, 0.05) is 22.2 Å². The number of hydrogen-bond donors (Lipinski definition) is 1. The molecular weight excluding hydrogens is 334 g/mol. The van der Waals surface area contributed by atoms with Gasteiger partial charge in [-0.05, 0) is 30.2 Å². The van der Waals surface area contributed by atoms with E-state index in [1.807, 2.05) is 30.3 Å². The van der Waals surface area contributed by atoms with Crippen LogP contribution in [0.1, 0.15) is 16.8 Å². The number of carbonyl (C=O) groups is 1. The SMILES string of the molecule is O=C(NC1CCS(=O)(=O)C1)c1ccc(Cl)c(-c2ccccc2)c1. The van der Waals surface area contributed by atoms with E-state index in [1.165, 1.54) is 0 Å². The number of rotatable bonds is 3. The van der Waals surface area contributed by atoms with E-state index < -0.39 is 9.84 Å². The number of halogens is 1. The van der Waals surface area contributed by atoms with Crippen molar-refractivity contribution in [3.63, 3.8) is 0 Å². The summed E-state index contributed by atoms with van der Waals surface area (Å²) in [5.74, 6) is -0.132. The van der Waals surface area contributed by atoms with Crippen LogP contribution in [0.4, 0.5) is 0 Å². The largest absolute Gasteiger partial charge is 0.348 e. The Hall–Kier alpha value is -1.85. The Labute approximate surface area is 140 Å². The molecule has 0 bridgehead atoms. The molecule has 1 unspecified atom stereocenters. The highest BCUT2D eigenvalue weighted by Gasteiger charge is 2.29. The molecule has 2 aromatic carbocycles. The summed E-state index contributed by atoms with van der Waals surface area (Å²) in [6.07, 6.45) is 0.465. The predicted octanol–water partition coefficient (Wildman–Crippen LogP) is 2.92. The highest BCUT2D eigenvalue weighted by molar-refractivity contribution is 7.91. The van der Waals surface area contributed by atoms with Crippen LogP contribution in [0.15, 0.2) is 48.5 Å². The van der Waals surface area contributed by atoms with Gasteiger partial charge in [-0.2, -0.15) is 0 Å². The maximum absolute atomic E-state index is 12.4. The number of hydrogen-bond acceptors (Lipinski definition) is 3. The second kappa shape index (κ2) is 6.34. The molecule has 2 aromatic rings. The highest BCUT2D eigenvalue weighted by atomic mass is 35.5. The Morgan fingerprint density at radius 2 is 1.87 bits per heavy atom. The van der Waals surface area contributed by atoms with Crippen LogP contribution in [0.3, 0.4) is 0 Å². The molecule has 1 aliphatic rings. The Morgan fingerprint density at radius 3 is 2.52 bits per heavy atom. The van der Waals surface area contributed by atoms with Gasteiger partial charge in [-0.25, -0.2) is 8.42 Å². The average molecular weight is 350 g/mol. The summed E-state index contributed by atoms with van der Waals surface area (Å²) in [5, 5.41) is 3.35. The molecule has 1 amide bonds. The third-order valence-electron chi connectivity index (χ3n) is 3.88. The van der Waals surface area contributed by atoms with Crippen molar-refractivity contribution in [2.24, 2.45) is 0 Å². The zero-order chi connectivity index (χ0) is 16.4. The van der Waals surface area contributed by atoms with E-state index in [1.54, 1.807) is 18.2 Å². The van der Waals surface area contributed by atoms with Gasteiger partial charge in [0.05, 0.1) is 11.5 Å². The third kappa shape index (κ3) is 3.74. The van der Waals surface area contributed by atoms with Gasteiger partial charge in [0.1, 0.15) is 0 Å². The lowest BCUT2D eigenvalue weighted by Gasteiger charge is -2.12. The Bertz CT molecular complexity index is 834. The van der Waals surface area contributed by atoms with E-state index >= 15 is 0 Å². The molecule has 0 saturated carbocycles. The van der Waals surface area contributed by atoms with Gasteiger partial charge < -0.3 is 5.32 Å². The summed E-state index contributed by atoms with van der Waals surface area (Å²) in [5.41, 5.74) is 2.17. The zero-order valence-corrected chi connectivity index (χ0v) is 13.9. The van der Waals surface area contributed by atoms with Crippen LogP contribution in [0, 0.1) is 0 Å². The first-order valence-electron chi connectivity index (χ1n) is 7.31. The molecule has 0 aromatic heterocycles. The van der Waals surface area contributed by atoms with Gasteiger partial charge in [0.25, 0.3) is 5.91 Å². The minimum absolute atomic E-state index is 0.0118. The molecule has 1 aliphatic heterocycles. The normalized spacial score (nSPS) is 19.4. The predicted molar refractivity (Wildman–Crippen MR) is 91.4 cm³/mol. The van der Waals surface area contributed by atoms with E-state index in [-0.39, 0.29) is 23.5 Å². The molecule has 0 radical (unpaired) electrons. The number of benzene rings is 2. The van der Waals surface area contributed by atoms with Crippen LogP contribution in [0.2, 0.25) is 5.02 Å². The molecule has 120 valence electrons.